The molecule has 0 aromatic heterocycles. The zero-order chi connectivity index (χ0) is 22.2. The zero-order valence-corrected chi connectivity index (χ0v) is 18.6. The number of amides is 1. The highest BCUT2D eigenvalue weighted by atomic mass is 35.5. The van der Waals surface area contributed by atoms with Gasteiger partial charge in [-0.1, -0.05) is 41.9 Å². The van der Waals surface area contributed by atoms with E-state index in [0.29, 0.717) is 41.0 Å². The first-order valence-corrected chi connectivity index (χ1v) is 10.4. The Hall–Kier alpha value is -3.18. The molecule has 0 atom stereocenters. The lowest BCUT2D eigenvalue weighted by Gasteiger charge is -2.15. The van der Waals surface area contributed by atoms with Crippen LogP contribution in [0.4, 0.5) is 0 Å². The highest BCUT2D eigenvalue weighted by molar-refractivity contribution is 6.31. The number of methoxy groups -OCH3 is 1. The monoisotopic (exact) mass is 439 g/mol. The Kier molecular flexibility index (Phi) is 7.79. The van der Waals surface area contributed by atoms with Crippen LogP contribution in [0.1, 0.15) is 35.3 Å². The molecule has 3 aromatic rings. The standard InChI is InChI=1S/C25H26ClNO4/c1-17(2)31-23-12-11-18(13-24(23)29-3)15-27-25(28)19-8-6-9-21(14-19)30-16-20-7-4-5-10-22(20)26/h4-14,17H,15-16H2,1-3H3,(H,27,28). The van der Waals surface area contributed by atoms with E-state index in [2.05, 4.69) is 5.32 Å². The first-order chi connectivity index (χ1) is 15.0. The number of ether oxygens (including phenoxy) is 3. The molecule has 0 unspecified atom stereocenters. The number of benzene rings is 3. The molecule has 0 saturated carbocycles. The van der Waals surface area contributed by atoms with Crippen LogP contribution in [-0.4, -0.2) is 19.1 Å². The number of halogens is 1. The topological polar surface area (TPSA) is 56.8 Å². The fourth-order valence-electron chi connectivity index (χ4n) is 2.96. The second kappa shape index (κ2) is 10.7. The van der Waals surface area contributed by atoms with Crippen molar-refractivity contribution in [3.63, 3.8) is 0 Å². The maximum atomic E-state index is 12.6. The predicted molar refractivity (Wildman–Crippen MR) is 122 cm³/mol. The van der Waals surface area contributed by atoms with Crippen molar-refractivity contribution in [2.75, 3.05) is 7.11 Å². The smallest absolute Gasteiger partial charge is 0.251 e. The van der Waals surface area contributed by atoms with Crippen molar-refractivity contribution < 1.29 is 19.0 Å². The van der Waals surface area contributed by atoms with Crippen LogP contribution in [0.25, 0.3) is 0 Å². The highest BCUT2D eigenvalue weighted by Crippen LogP contribution is 2.29. The van der Waals surface area contributed by atoms with Gasteiger partial charge in [-0.15, -0.1) is 0 Å². The van der Waals surface area contributed by atoms with Crippen molar-refractivity contribution in [2.45, 2.75) is 33.1 Å². The van der Waals surface area contributed by atoms with E-state index in [1.54, 1.807) is 25.3 Å². The first-order valence-electron chi connectivity index (χ1n) is 10.0. The third-order valence-electron chi connectivity index (χ3n) is 4.49. The maximum Gasteiger partial charge on any atom is 0.251 e. The summed E-state index contributed by atoms with van der Waals surface area (Å²) in [6.45, 7) is 4.61. The van der Waals surface area contributed by atoms with Gasteiger partial charge in [0, 0.05) is 22.7 Å². The largest absolute Gasteiger partial charge is 0.493 e. The number of hydrogen-bond acceptors (Lipinski definition) is 4. The Morgan fingerprint density at radius 1 is 1.00 bits per heavy atom. The molecule has 31 heavy (non-hydrogen) atoms. The van der Waals surface area contributed by atoms with Crippen LogP contribution in [0.2, 0.25) is 5.02 Å². The minimum Gasteiger partial charge on any atom is -0.493 e. The lowest BCUT2D eigenvalue weighted by atomic mass is 10.1. The maximum absolute atomic E-state index is 12.6. The summed E-state index contributed by atoms with van der Waals surface area (Å²) in [6, 6.07) is 20.2. The summed E-state index contributed by atoms with van der Waals surface area (Å²) in [5.41, 5.74) is 2.31. The Labute approximate surface area is 187 Å². The van der Waals surface area contributed by atoms with Gasteiger partial charge in [0.25, 0.3) is 5.91 Å². The average molecular weight is 440 g/mol. The molecule has 0 bridgehead atoms. The van der Waals surface area contributed by atoms with Crippen LogP contribution in [0.15, 0.2) is 66.7 Å². The molecule has 0 aliphatic rings. The molecule has 0 aliphatic heterocycles. The molecular weight excluding hydrogens is 414 g/mol. The first kappa shape index (κ1) is 22.5. The number of hydrogen-bond donors (Lipinski definition) is 1. The normalized spacial score (nSPS) is 10.6. The van der Waals surface area contributed by atoms with Crippen LogP contribution < -0.4 is 19.5 Å². The van der Waals surface area contributed by atoms with E-state index >= 15 is 0 Å². The van der Waals surface area contributed by atoms with Gasteiger partial charge in [-0.2, -0.15) is 0 Å². The quantitative estimate of drug-likeness (QED) is 0.468. The Morgan fingerprint density at radius 3 is 2.55 bits per heavy atom. The van der Waals surface area contributed by atoms with Crippen LogP contribution in [0.3, 0.4) is 0 Å². The van der Waals surface area contributed by atoms with E-state index in [-0.39, 0.29) is 12.0 Å². The third-order valence-corrected chi connectivity index (χ3v) is 4.86. The van der Waals surface area contributed by atoms with Gasteiger partial charge in [0.15, 0.2) is 11.5 Å². The van der Waals surface area contributed by atoms with Crippen LogP contribution >= 0.6 is 11.6 Å². The van der Waals surface area contributed by atoms with Crippen molar-refractivity contribution in [1.29, 1.82) is 0 Å². The SMILES string of the molecule is COc1cc(CNC(=O)c2cccc(OCc3ccccc3Cl)c2)ccc1OC(C)C. The molecule has 0 fully saturated rings. The molecule has 5 nitrogen and oxygen atoms in total. The third kappa shape index (κ3) is 6.40. The molecular formula is C25H26ClNO4. The summed E-state index contributed by atoms with van der Waals surface area (Å²) in [7, 11) is 1.60. The molecule has 162 valence electrons. The van der Waals surface area contributed by atoms with Gasteiger partial charge < -0.3 is 19.5 Å². The van der Waals surface area contributed by atoms with Gasteiger partial charge in [0.05, 0.1) is 13.2 Å². The molecule has 0 aliphatic carbocycles. The van der Waals surface area contributed by atoms with Crippen molar-refractivity contribution in [3.8, 4) is 17.2 Å². The minimum atomic E-state index is -0.190. The number of nitrogens with one attached hydrogen (secondary N) is 1. The average Bonchev–Trinajstić information content (AvgIpc) is 2.77. The highest BCUT2D eigenvalue weighted by Gasteiger charge is 2.10. The molecule has 3 rings (SSSR count). The summed E-state index contributed by atoms with van der Waals surface area (Å²) < 4.78 is 16.9. The fourth-order valence-corrected chi connectivity index (χ4v) is 3.15. The van der Waals surface area contributed by atoms with E-state index < -0.39 is 0 Å². The second-order valence-electron chi connectivity index (χ2n) is 7.24. The summed E-state index contributed by atoms with van der Waals surface area (Å²) in [5, 5.41) is 3.57. The van der Waals surface area contributed by atoms with E-state index in [9.17, 15) is 4.79 Å². The molecule has 1 amide bonds. The fraction of sp³-hybridized carbons (Fsp3) is 0.240. The van der Waals surface area contributed by atoms with Crippen LogP contribution in [0.5, 0.6) is 17.2 Å². The minimum absolute atomic E-state index is 0.0480. The van der Waals surface area contributed by atoms with Crippen LogP contribution in [0, 0.1) is 0 Å². The van der Waals surface area contributed by atoms with Gasteiger partial charge in [0.2, 0.25) is 0 Å². The molecule has 0 spiro atoms. The summed E-state index contributed by atoms with van der Waals surface area (Å²) in [5.74, 6) is 1.72. The molecule has 0 heterocycles. The Balaban J connectivity index is 1.61. The number of carbonyl (C=O) groups is 1. The molecule has 3 aromatic carbocycles. The molecule has 0 saturated heterocycles. The lowest BCUT2D eigenvalue weighted by Crippen LogP contribution is -2.22. The molecule has 1 N–H and O–H groups in total. The van der Waals surface area contributed by atoms with E-state index in [1.807, 2.05) is 62.4 Å². The van der Waals surface area contributed by atoms with Crippen molar-refractivity contribution >= 4 is 17.5 Å². The van der Waals surface area contributed by atoms with E-state index in [0.717, 1.165) is 11.1 Å². The van der Waals surface area contributed by atoms with Crippen LogP contribution in [-0.2, 0) is 13.2 Å². The molecule has 0 radical (unpaired) electrons. The zero-order valence-electron chi connectivity index (χ0n) is 17.9. The van der Waals surface area contributed by atoms with Gasteiger partial charge in [-0.3, -0.25) is 4.79 Å². The Bertz CT molecular complexity index is 1040. The summed E-state index contributed by atoms with van der Waals surface area (Å²) in [4.78, 5) is 12.6. The van der Waals surface area contributed by atoms with Gasteiger partial charge in [0.1, 0.15) is 12.4 Å². The number of carbonyl (C=O) groups excluding carboxylic acids is 1. The van der Waals surface area contributed by atoms with E-state index in [4.69, 9.17) is 25.8 Å². The van der Waals surface area contributed by atoms with Crippen molar-refractivity contribution in [1.82, 2.24) is 5.32 Å². The van der Waals surface area contributed by atoms with E-state index in [1.165, 1.54) is 0 Å². The summed E-state index contributed by atoms with van der Waals surface area (Å²) >= 11 is 6.17. The predicted octanol–water partition coefficient (Wildman–Crippen LogP) is 5.64. The Morgan fingerprint density at radius 2 is 1.81 bits per heavy atom. The number of rotatable bonds is 9. The lowest BCUT2D eigenvalue weighted by molar-refractivity contribution is 0.0950. The van der Waals surface area contributed by atoms with Crippen molar-refractivity contribution in [2.24, 2.45) is 0 Å². The second-order valence-corrected chi connectivity index (χ2v) is 7.65. The summed E-state index contributed by atoms with van der Waals surface area (Å²) in [6.07, 6.45) is 0.0480. The van der Waals surface area contributed by atoms with Crippen molar-refractivity contribution in [3.05, 3.63) is 88.4 Å². The molecule has 6 heteroatoms. The van der Waals surface area contributed by atoms with Gasteiger partial charge in [-0.25, -0.2) is 0 Å². The van der Waals surface area contributed by atoms with Gasteiger partial charge in [-0.05, 0) is 55.8 Å². The van der Waals surface area contributed by atoms with Gasteiger partial charge >= 0.3 is 0 Å².